The SMILES string of the molecule is O=C(O)c1c(Br)cccc1Oc1cccc(Br)c1. The molecule has 2 aromatic rings. The molecule has 3 nitrogen and oxygen atoms in total. The fourth-order valence-electron chi connectivity index (χ4n) is 1.45. The van der Waals surface area contributed by atoms with Crippen molar-refractivity contribution in [3.8, 4) is 11.5 Å². The largest absolute Gasteiger partial charge is 0.478 e. The van der Waals surface area contributed by atoms with E-state index in [1.807, 2.05) is 12.1 Å². The number of carboxylic acid groups (broad SMARTS) is 1. The minimum Gasteiger partial charge on any atom is -0.478 e. The summed E-state index contributed by atoms with van der Waals surface area (Å²) < 4.78 is 6.95. The Morgan fingerprint density at radius 2 is 1.83 bits per heavy atom. The van der Waals surface area contributed by atoms with Crippen LogP contribution in [0.1, 0.15) is 10.4 Å². The molecule has 0 saturated heterocycles. The number of ether oxygens (including phenoxy) is 1. The lowest BCUT2D eigenvalue weighted by Crippen LogP contribution is -2.01. The molecule has 2 rings (SSSR count). The summed E-state index contributed by atoms with van der Waals surface area (Å²) in [7, 11) is 0. The maximum atomic E-state index is 11.2. The predicted octanol–water partition coefficient (Wildman–Crippen LogP) is 4.70. The van der Waals surface area contributed by atoms with Crippen molar-refractivity contribution in [2.45, 2.75) is 0 Å². The van der Waals surface area contributed by atoms with Crippen LogP contribution in [-0.2, 0) is 0 Å². The molecule has 0 bridgehead atoms. The molecule has 0 amide bonds. The van der Waals surface area contributed by atoms with E-state index >= 15 is 0 Å². The fraction of sp³-hybridized carbons (Fsp3) is 0. The van der Waals surface area contributed by atoms with Crippen LogP contribution >= 0.6 is 31.9 Å². The van der Waals surface area contributed by atoms with Crippen LogP contribution in [0.2, 0.25) is 0 Å². The van der Waals surface area contributed by atoms with Gasteiger partial charge >= 0.3 is 5.97 Å². The van der Waals surface area contributed by atoms with Crippen LogP contribution in [0.25, 0.3) is 0 Å². The van der Waals surface area contributed by atoms with Gasteiger partial charge in [0.1, 0.15) is 17.1 Å². The van der Waals surface area contributed by atoms with Gasteiger partial charge in [0.25, 0.3) is 0 Å². The van der Waals surface area contributed by atoms with Gasteiger partial charge in [-0.1, -0.05) is 28.1 Å². The van der Waals surface area contributed by atoms with E-state index in [0.29, 0.717) is 16.0 Å². The van der Waals surface area contributed by atoms with Gasteiger partial charge in [-0.05, 0) is 46.3 Å². The Morgan fingerprint density at radius 3 is 2.50 bits per heavy atom. The third-order valence-electron chi connectivity index (χ3n) is 2.21. The number of hydrogen-bond acceptors (Lipinski definition) is 2. The van der Waals surface area contributed by atoms with Crippen LogP contribution in [0.3, 0.4) is 0 Å². The van der Waals surface area contributed by atoms with E-state index in [2.05, 4.69) is 31.9 Å². The Bertz CT molecular complexity index is 597. The van der Waals surface area contributed by atoms with E-state index in [-0.39, 0.29) is 5.56 Å². The van der Waals surface area contributed by atoms with E-state index < -0.39 is 5.97 Å². The molecule has 2 aromatic carbocycles. The van der Waals surface area contributed by atoms with Gasteiger partial charge in [0.15, 0.2) is 0 Å². The quantitative estimate of drug-likeness (QED) is 0.850. The summed E-state index contributed by atoms with van der Waals surface area (Å²) in [4.78, 5) is 11.2. The first-order chi connectivity index (χ1) is 8.58. The summed E-state index contributed by atoms with van der Waals surface area (Å²) in [5.74, 6) is -0.160. The summed E-state index contributed by atoms with van der Waals surface area (Å²) in [5.41, 5.74) is 0.109. The Labute approximate surface area is 121 Å². The zero-order valence-electron chi connectivity index (χ0n) is 9.06. The summed E-state index contributed by atoms with van der Waals surface area (Å²) in [6, 6.07) is 12.2. The van der Waals surface area contributed by atoms with Gasteiger partial charge in [0.05, 0.1) is 0 Å². The fourth-order valence-corrected chi connectivity index (χ4v) is 2.35. The molecule has 0 saturated carbocycles. The van der Waals surface area contributed by atoms with Crippen molar-refractivity contribution in [2.75, 3.05) is 0 Å². The number of halogens is 2. The molecule has 0 spiro atoms. The van der Waals surface area contributed by atoms with E-state index in [4.69, 9.17) is 9.84 Å². The molecule has 0 aliphatic heterocycles. The maximum Gasteiger partial charge on any atom is 0.340 e. The molecule has 0 unspecified atom stereocenters. The summed E-state index contributed by atoms with van der Waals surface area (Å²) >= 11 is 6.54. The van der Waals surface area contributed by atoms with Crippen molar-refractivity contribution < 1.29 is 14.6 Å². The van der Waals surface area contributed by atoms with Gasteiger partial charge in [0, 0.05) is 8.95 Å². The molecule has 5 heteroatoms. The van der Waals surface area contributed by atoms with E-state index in [9.17, 15) is 4.79 Å². The average Bonchev–Trinajstić information content (AvgIpc) is 2.28. The standard InChI is InChI=1S/C13H8Br2O3/c14-8-3-1-4-9(7-8)18-11-6-2-5-10(15)12(11)13(16)17/h1-7H,(H,16,17). The van der Waals surface area contributed by atoms with Crippen LogP contribution in [0.4, 0.5) is 0 Å². The van der Waals surface area contributed by atoms with Gasteiger partial charge in [-0.3, -0.25) is 0 Å². The highest BCUT2D eigenvalue weighted by molar-refractivity contribution is 9.10. The maximum absolute atomic E-state index is 11.2. The van der Waals surface area contributed by atoms with E-state index in [0.717, 1.165) is 4.47 Å². The highest BCUT2D eigenvalue weighted by atomic mass is 79.9. The topological polar surface area (TPSA) is 46.5 Å². The highest BCUT2D eigenvalue weighted by Gasteiger charge is 2.15. The van der Waals surface area contributed by atoms with Crippen molar-refractivity contribution in [3.05, 3.63) is 57.0 Å². The molecule has 0 aliphatic carbocycles. The lowest BCUT2D eigenvalue weighted by Gasteiger charge is -2.10. The third kappa shape index (κ3) is 2.91. The Kier molecular flexibility index (Phi) is 4.04. The predicted molar refractivity (Wildman–Crippen MR) is 75.3 cm³/mol. The Hall–Kier alpha value is -1.33. The van der Waals surface area contributed by atoms with Crippen molar-refractivity contribution in [1.82, 2.24) is 0 Å². The van der Waals surface area contributed by atoms with E-state index in [1.165, 1.54) is 0 Å². The second-order valence-electron chi connectivity index (χ2n) is 3.48. The molecular formula is C13H8Br2O3. The smallest absolute Gasteiger partial charge is 0.340 e. The molecule has 0 heterocycles. The minimum atomic E-state index is -1.03. The molecule has 1 N–H and O–H groups in total. The van der Waals surface area contributed by atoms with Gasteiger partial charge < -0.3 is 9.84 Å². The first kappa shape index (κ1) is 13.1. The normalized spacial score (nSPS) is 10.1. The minimum absolute atomic E-state index is 0.109. The molecule has 0 fully saturated rings. The third-order valence-corrected chi connectivity index (χ3v) is 3.37. The summed E-state index contributed by atoms with van der Waals surface area (Å²) in [5, 5.41) is 9.16. The lowest BCUT2D eigenvalue weighted by molar-refractivity contribution is 0.0693. The molecule has 0 aromatic heterocycles. The van der Waals surface area contributed by atoms with Gasteiger partial charge in [0.2, 0.25) is 0 Å². The number of carboxylic acids is 1. The van der Waals surface area contributed by atoms with Crippen molar-refractivity contribution in [3.63, 3.8) is 0 Å². The van der Waals surface area contributed by atoms with Gasteiger partial charge in [-0.25, -0.2) is 4.79 Å². The van der Waals surface area contributed by atoms with Gasteiger partial charge in [-0.2, -0.15) is 0 Å². The molecular weight excluding hydrogens is 364 g/mol. The zero-order valence-corrected chi connectivity index (χ0v) is 12.2. The average molecular weight is 372 g/mol. The number of hydrogen-bond donors (Lipinski definition) is 1. The van der Waals surface area contributed by atoms with Crippen molar-refractivity contribution in [2.24, 2.45) is 0 Å². The zero-order chi connectivity index (χ0) is 13.1. The van der Waals surface area contributed by atoms with Crippen molar-refractivity contribution in [1.29, 1.82) is 0 Å². The van der Waals surface area contributed by atoms with Crippen LogP contribution in [-0.4, -0.2) is 11.1 Å². The monoisotopic (exact) mass is 370 g/mol. The number of aromatic carboxylic acids is 1. The first-order valence-electron chi connectivity index (χ1n) is 5.03. The van der Waals surface area contributed by atoms with Crippen LogP contribution in [0.15, 0.2) is 51.4 Å². The summed E-state index contributed by atoms with van der Waals surface area (Å²) in [6.45, 7) is 0. The van der Waals surface area contributed by atoms with Gasteiger partial charge in [-0.15, -0.1) is 0 Å². The molecule has 0 atom stereocenters. The lowest BCUT2D eigenvalue weighted by atomic mass is 10.2. The molecule has 0 aliphatic rings. The van der Waals surface area contributed by atoms with E-state index in [1.54, 1.807) is 30.3 Å². The molecule has 0 radical (unpaired) electrons. The number of benzene rings is 2. The molecule has 18 heavy (non-hydrogen) atoms. The Morgan fingerprint density at radius 1 is 1.11 bits per heavy atom. The van der Waals surface area contributed by atoms with Crippen molar-refractivity contribution >= 4 is 37.8 Å². The second kappa shape index (κ2) is 5.54. The Balaban J connectivity index is 2.40. The molecule has 92 valence electrons. The second-order valence-corrected chi connectivity index (χ2v) is 5.25. The first-order valence-corrected chi connectivity index (χ1v) is 6.62. The highest BCUT2D eigenvalue weighted by Crippen LogP contribution is 2.31. The van der Waals surface area contributed by atoms with Crippen LogP contribution < -0.4 is 4.74 Å². The number of rotatable bonds is 3. The van der Waals surface area contributed by atoms with Crippen LogP contribution in [0.5, 0.6) is 11.5 Å². The number of carbonyl (C=O) groups is 1. The van der Waals surface area contributed by atoms with Crippen LogP contribution in [0, 0.1) is 0 Å². The summed E-state index contributed by atoms with van der Waals surface area (Å²) in [6.07, 6.45) is 0.